The molecule has 15 heteroatoms. The molecule has 0 radical (unpaired) electrons. The normalized spacial score (nSPS) is 21.0. The summed E-state index contributed by atoms with van der Waals surface area (Å²) in [6, 6.07) is 14.7. The minimum atomic E-state index is -0.707. The zero-order valence-electron chi connectivity index (χ0n) is 34.3. The van der Waals surface area contributed by atoms with Gasteiger partial charge in [-0.25, -0.2) is 19.6 Å². The van der Waals surface area contributed by atoms with Gasteiger partial charge in [-0.2, -0.15) is 0 Å². The molecule has 2 unspecified atom stereocenters. The van der Waals surface area contributed by atoms with Crippen molar-refractivity contribution in [3.8, 4) is 33.8 Å². The van der Waals surface area contributed by atoms with Crippen LogP contribution in [0.2, 0.25) is 0 Å². The van der Waals surface area contributed by atoms with E-state index in [9.17, 15) is 19.2 Å². The van der Waals surface area contributed by atoms with Crippen LogP contribution < -0.4 is 10.6 Å². The fraction of sp³-hybridized carbons (Fsp3) is 0.455. The number of furan rings is 1. The maximum absolute atomic E-state index is 13.9. The Bertz CT molecular complexity index is 2350. The number of amides is 4. The van der Waals surface area contributed by atoms with E-state index in [2.05, 4.69) is 55.9 Å². The van der Waals surface area contributed by atoms with Crippen LogP contribution >= 0.6 is 0 Å². The topological polar surface area (TPSA) is 188 Å². The Labute approximate surface area is 342 Å². The number of benzene rings is 2. The molecule has 8 rings (SSSR count). The minimum Gasteiger partial charge on any atom is -0.454 e. The number of hydrogen-bond donors (Lipinski definition) is 4. The number of aromatic nitrogens is 4. The minimum absolute atomic E-state index is 0.0997. The molecule has 1 aliphatic carbocycles. The van der Waals surface area contributed by atoms with Crippen LogP contribution in [0.5, 0.6) is 0 Å². The lowest BCUT2D eigenvalue weighted by atomic mass is 9.95. The van der Waals surface area contributed by atoms with Gasteiger partial charge in [0, 0.05) is 18.0 Å². The molecule has 3 aliphatic rings. The number of hydrogen-bond acceptors (Lipinski definition) is 9. The summed E-state index contributed by atoms with van der Waals surface area (Å²) in [5.41, 5.74) is 5.36. The van der Waals surface area contributed by atoms with Crippen LogP contribution in [0.15, 0.2) is 65.3 Å². The Kier molecular flexibility index (Phi) is 10.9. The predicted molar refractivity (Wildman–Crippen MR) is 220 cm³/mol. The van der Waals surface area contributed by atoms with Crippen molar-refractivity contribution in [3.05, 3.63) is 72.6 Å². The number of piperidine rings is 1. The first kappa shape index (κ1) is 39.7. The number of alkyl carbamates (subject to hydrolysis) is 2. The standard InChI is InChI=1S/C44H52N8O7/c1-23(2)36(49-43(55)57-5)41(53)51-17-7-8-33(51)39-45-22-32(48-39)35-20-29-18-27(14-16-34(29)59-35)25-9-11-26(12-10-25)31-21-46-40(47-31)38-28-13-15-30(19-28)52(38)42(54)37(24(3)4)50-44(56)58-6/h9-12,14,16,18,20-24,28,30,33,36-38H,7-8,13,15,17,19H2,1-6H3,(H,45,48)(H,46,47)(H,49,55)(H,50,56)/t28?,30?,33-,36-,37-,38-/m0/s1. The van der Waals surface area contributed by atoms with Gasteiger partial charge >= 0.3 is 12.2 Å². The molecule has 2 aromatic carbocycles. The maximum atomic E-state index is 13.9. The van der Waals surface area contributed by atoms with Crippen molar-refractivity contribution in [3.63, 3.8) is 0 Å². The summed E-state index contributed by atoms with van der Waals surface area (Å²) in [5.74, 6) is 1.89. The van der Waals surface area contributed by atoms with Crippen molar-refractivity contribution >= 4 is 35.0 Å². The van der Waals surface area contributed by atoms with Crippen molar-refractivity contribution in [2.45, 2.75) is 90.0 Å². The highest BCUT2D eigenvalue weighted by Crippen LogP contribution is 2.50. The molecule has 5 aromatic rings. The molecule has 15 nitrogen and oxygen atoms in total. The predicted octanol–water partition coefficient (Wildman–Crippen LogP) is 7.36. The smallest absolute Gasteiger partial charge is 0.407 e. The number of nitrogens with one attached hydrogen (secondary N) is 4. The molecule has 5 heterocycles. The zero-order valence-corrected chi connectivity index (χ0v) is 34.3. The van der Waals surface area contributed by atoms with Gasteiger partial charge in [0.05, 0.1) is 44.4 Å². The van der Waals surface area contributed by atoms with Gasteiger partial charge < -0.3 is 44.3 Å². The van der Waals surface area contributed by atoms with E-state index in [1.807, 2.05) is 57.0 Å². The van der Waals surface area contributed by atoms with Crippen molar-refractivity contribution in [2.24, 2.45) is 17.8 Å². The number of ether oxygens (including phenoxy) is 2. The molecule has 0 spiro atoms. The van der Waals surface area contributed by atoms with Gasteiger partial charge in [-0.15, -0.1) is 0 Å². The second-order valence-corrected chi connectivity index (χ2v) is 16.6. The molecule has 2 aliphatic heterocycles. The fourth-order valence-electron chi connectivity index (χ4n) is 9.17. The van der Waals surface area contributed by atoms with Crippen LogP contribution in [0.1, 0.15) is 83.5 Å². The zero-order chi connectivity index (χ0) is 41.5. The van der Waals surface area contributed by atoms with Crippen molar-refractivity contribution in [1.29, 1.82) is 0 Å². The third-order valence-corrected chi connectivity index (χ3v) is 12.3. The monoisotopic (exact) mass is 804 g/mol. The highest BCUT2D eigenvalue weighted by Gasteiger charge is 2.51. The Balaban J connectivity index is 0.963. The van der Waals surface area contributed by atoms with Gasteiger partial charge in [-0.1, -0.05) is 58.0 Å². The molecule has 3 aromatic heterocycles. The van der Waals surface area contributed by atoms with E-state index in [1.165, 1.54) is 14.2 Å². The van der Waals surface area contributed by atoms with E-state index >= 15 is 0 Å². The van der Waals surface area contributed by atoms with Gasteiger partial charge in [-0.05, 0) is 84.7 Å². The number of likely N-dealkylation sites (tertiary alicyclic amines) is 2. The number of methoxy groups -OCH3 is 2. The molecular weight excluding hydrogens is 753 g/mol. The van der Waals surface area contributed by atoms with Gasteiger partial charge in [0.2, 0.25) is 11.8 Å². The summed E-state index contributed by atoms with van der Waals surface area (Å²) in [6.45, 7) is 8.21. The number of imidazole rings is 2. The van der Waals surface area contributed by atoms with Gasteiger partial charge in [0.25, 0.3) is 0 Å². The first-order chi connectivity index (χ1) is 28.4. The first-order valence-electron chi connectivity index (χ1n) is 20.5. The molecule has 3 fully saturated rings. The Morgan fingerprint density at radius 3 is 2.08 bits per heavy atom. The molecule has 2 bridgehead atoms. The van der Waals surface area contributed by atoms with Crippen molar-refractivity contribution in [1.82, 2.24) is 40.4 Å². The Morgan fingerprint density at radius 2 is 1.39 bits per heavy atom. The number of H-pyrrole nitrogens is 2. The van der Waals surface area contributed by atoms with E-state index in [-0.39, 0.29) is 41.8 Å². The largest absolute Gasteiger partial charge is 0.454 e. The number of rotatable bonds is 11. The van der Waals surface area contributed by atoms with Crippen LogP contribution in [0.3, 0.4) is 0 Å². The van der Waals surface area contributed by atoms with E-state index in [4.69, 9.17) is 18.9 Å². The lowest BCUT2D eigenvalue weighted by molar-refractivity contribution is -0.139. The van der Waals surface area contributed by atoms with Crippen molar-refractivity contribution in [2.75, 3.05) is 20.8 Å². The highest BCUT2D eigenvalue weighted by atomic mass is 16.5. The summed E-state index contributed by atoms with van der Waals surface area (Å²) >= 11 is 0. The number of aromatic amines is 2. The molecule has 6 atom stereocenters. The lowest BCUT2D eigenvalue weighted by Gasteiger charge is -2.37. The van der Waals surface area contributed by atoms with Crippen LogP contribution in [0, 0.1) is 17.8 Å². The van der Waals surface area contributed by atoms with E-state index in [0.29, 0.717) is 29.7 Å². The second-order valence-electron chi connectivity index (χ2n) is 16.6. The molecule has 1 saturated carbocycles. The maximum Gasteiger partial charge on any atom is 0.407 e. The van der Waals surface area contributed by atoms with Gasteiger partial charge in [0.1, 0.15) is 35.0 Å². The molecule has 310 valence electrons. The average Bonchev–Trinajstić information content (AvgIpc) is 4.09. The quantitative estimate of drug-likeness (QED) is 0.106. The number of nitrogens with zero attached hydrogens (tertiary/aromatic N) is 4. The van der Waals surface area contributed by atoms with Gasteiger partial charge in [0.15, 0.2) is 5.76 Å². The molecule has 2 saturated heterocycles. The molecule has 4 N–H and O–H groups in total. The first-order valence-corrected chi connectivity index (χ1v) is 20.5. The molecule has 4 amide bonds. The van der Waals surface area contributed by atoms with Crippen molar-refractivity contribution < 1.29 is 33.1 Å². The Morgan fingerprint density at radius 1 is 0.763 bits per heavy atom. The summed E-state index contributed by atoms with van der Waals surface area (Å²) in [7, 11) is 2.59. The summed E-state index contributed by atoms with van der Waals surface area (Å²) in [6.07, 6.45) is 6.80. The average molecular weight is 805 g/mol. The van der Waals surface area contributed by atoms with Crippen LogP contribution in [0.25, 0.3) is 44.8 Å². The molecule has 59 heavy (non-hydrogen) atoms. The number of fused-ring (bicyclic) bond motifs is 3. The Hall–Kier alpha value is -6.12. The number of carbonyl (C=O) groups excluding carboxylic acids is 4. The van der Waals surface area contributed by atoms with E-state index in [0.717, 1.165) is 71.3 Å². The lowest BCUT2D eigenvalue weighted by Crippen LogP contribution is -2.54. The van der Waals surface area contributed by atoms with Crippen LogP contribution in [-0.2, 0) is 19.1 Å². The van der Waals surface area contributed by atoms with E-state index < -0.39 is 24.3 Å². The second kappa shape index (κ2) is 16.3. The summed E-state index contributed by atoms with van der Waals surface area (Å²) in [5, 5.41) is 6.38. The van der Waals surface area contributed by atoms with Crippen LogP contribution in [0.4, 0.5) is 9.59 Å². The third-order valence-electron chi connectivity index (χ3n) is 12.3. The number of carbonyl (C=O) groups is 4. The highest BCUT2D eigenvalue weighted by molar-refractivity contribution is 5.89. The van der Waals surface area contributed by atoms with Crippen LogP contribution in [-0.4, -0.2) is 92.6 Å². The summed E-state index contributed by atoms with van der Waals surface area (Å²) < 4.78 is 15.8. The fourth-order valence-corrected chi connectivity index (χ4v) is 9.17. The SMILES string of the molecule is COC(=O)N[C@H](C(=O)N1CCC[C@H]1c1ncc(-c2cc3cc(-c4ccc(-c5cnc([C@@H]6C7CCC(C7)N6C(=O)[C@@H](NC(=O)OC)C(C)C)[nH]5)cc4)ccc3o2)[nH]1)C(C)C. The van der Waals surface area contributed by atoms with Gasteiger partial charge in [-0.3, -0.25) is 9.59 Å². The summed E-state index contributed by atoms with van der Waals surface area (Å²) in [4.78, 5) is 71.8. The molecular formula is C44H52N8O7. The van der Waals surface area contributed by atoms with E-state index in [1.54, 1.807) is 11.1 Å². The third kappa shape index (κ3) is 7.65.